The maximum atomic E-state index is 12.4. The molecule has 0 unspecified atom stereocenters. The van der Waals surface area contributed by atoms with Crippen molar-refractivity contribution in [3.63, 3.8) is 0 Å². The maximum Gasteiger partial charge on any atom is 0.242 e. The highest BCUT2D eigenvalue weighted by atomic mass is 32.2. The Hall–Kier alpha value is -1.31. The normalized spacial score (nSPS) is 12.2. The lowest BCUT2D eigenvalue weighted by molar-refractivity contribution is 0.489. The van der Waals surface area contributed by atoms with Crippen LogP contribution in [0.5, 0.6) is 0 Å². The van der Waals surface area contributed by atoms with E-state index >= 15 is 0 Å². The Bertz CT molecular complexity index is 717. The van der Waals surface area contributed by atoms with E-state index in [2.05, 4.69) is 4.98 Å². The van der Waals surface area contributed by atoms with Gasteiger partial charge in [-0.1, -0.05) is 0 Å². The minimum Gasteiger partial charge on any atom is -0.384 e. The lowest BCUT2D eigenvalue weighted by atomic mass is 10.2. The molecule has 0 bridgehead atoms. The first-order valence-corrected chi connectivity index (χ1v) is 8.90. The summed E-state index contributed by atoms with van der Waals surface area (Å²) >= 11 is 1.62. The Morgan fingerprint density at radius 2 is 2.05 bits per heavy atom. The van der Waals surface area contributed by atoms with E-state index in [1.165, 1.54) is 4.31 Å². The predicted molar refractivity (Wildman–Crippen MR) is 84.4 cm³/mol. The predicted octanol–water partition coefficient (Wildman–Crippen LogP) is 1.80. The van der Waals surface area contributed by atoms with E-state index in [-0.39, 0.29) is 4.90 Å². The quantitative estimate of drug-likeness (QED) is 0.911. The number of fused-ring (bicyclic) bond motifs is 1. The number of hydrogen-bond acceptors (Lipinski definition) is 5. The van der Waals surface area contributed by atoms with Crippen molar-refractivity contribution < 1.29 is 8.42 Å². The molecule has 2 rings (SSSR count). The van der Waals surface area contributed by atoms with Crippen LogP contribution in [0.3, 0.4) is 0 Å². The maximum absolute atomic E-state index is 12.4. The Morgan fingerprint density at radius 3 is 2.75 bits per heavy atom. The number of benzene rings is 1. The molecule has 1 heterocycles. The van der Waals surface area contributed by atoms with Gasteiger partial charge in [0.15, 0.2) is 0 Å². The molecule has 108 valence electrons. The second kappa shape index (κ2) is 5.99. The molecule has 0 saturated heterocycles. The van der Waals surface area contributed by atoms with Crippen LogP contribution in [0.25, 0.3) is 10.9 Å². The molecular formula is C13H17N3O2S2. The van der Waals surface area contributed by atoms with E-state index in [0.29, 0.717) is 17.9 Å². The van der Waals surface area contributed by atoms with Crippen molar-refractivity contribution in [2.75, 3.05) is 31.3 Å². The van der Waals surface area contributed by atoms with E-state index in [1.807, 2.05) is 6.26 Å². The molecule has 1 aromatic carbocycles. The van der Waals surface area contributed by atoms with Crippen molar-refractivity contribution >= 4 is 38.5 Å². The molecule has 1 aromatic heterocycles. The molecule has 7 heteroatoms. The second-order valence-electron chi connectivity index (χ2n) is 4.41. The fourth-order valence-electron chi connectivity index (χ4n) is 1.80. The van der Waals surface area contributed by atoms with Crippen molar-refractivity contribution in [1.29, 1.82) is 0 Å². The lowest BCUT2D eigenvalue weighted by Crippen LogP contribution is -2.29. The van der Waals surface area contributed by atoms with Crippen molar-refractivity contribution in [3.8, 4) is 0 Å². The third-order valence-corrected chi connectivity index (χ3v) is 5.44. The van der Waals surface area contributed by atoms with Crippen LogP contribution in [-0.4, -0.2) is 43.3 Å². The number of anilines is 1. The molecule has 0 aliphatic carbocycles. The molecule has 0 spiro atoms. The summed E-state index contributed by atoms with van der Waals surface area (Å²) in [5, 5.41) is 0.763. The van der Waals surface area contributed by atoms with E-state index in [0.717, 1.165) is 11.1 Å². The van der Waals surface area contributed by atoms with Gasteiger partial charge >= 0.3 is 0 Å². The molecule has 0 saturated carbocycles. The van der Waals surface area contributed by atoms with Gasteiger partial charge in [-0.3, -0.25) is 0 Å². The number of aromatic nitrogens is 1. The number of nitrogens with zero attached hydrogens (tertiary/aromatic N) is 2. The van der Waals surface area contributed by atoms with E-state index in [4.69, 9.17) is 5.73 Å². The van der Waals surface area contributed by atoms with Gasteiger partial charge in [0.05, 0.1) is 10.4 Å². The highest BCUT2D eigenvalue weighted by molar-refractivity contribution is 7.98. The van der Waals surface area contributed by atoms with Gasteiger partial charge < -0.3 is 5.73 Å². The fraction of sp³-hybridized carbons (Fsp3) is 0.308. The summed E-state index contributed by atoms with van der Waals surface area (Å²) in [7, 11) is -1.86. The van der Waals surface area contributed by atoms with E-state index < -0.39 is 10.0 Å². The number of hydrogen-bond donors (Lipinski definition) is 1. The molecule has 0 aliphatic rings. The van der Waals surface area contributed by atoms with Crippen LogP contribution < -0.4 is 5.73 Å². The zero-order valence-electron chi connectivity index (χ0n) is 11.4. The number of rotatable bonds is 5. The largest absolute Gasteiger partial charge is 0.384 e. The van der Waals surface area contributed by atoms with Gasteiger partial charge in [0, 0.05) is 24.7 Å². The SMILES string of the molecule is CSCCN(C)S(=O)(=O)c1ccc2nc(N)ccc2c1. The smallest absolute Gasteiger partial charge is 0.242 e. The van der Waals surface area contributed by atoms with Crippen LogP contribution in [0.15, 0.2) is 35.2 Å². The molecule has 0 amide bonds. The monoisotopic (exact) mass is 311 g/mol. The number of pyridine rings is 1. The van der Waals surface area contributed by atoms with Gasteiger partial charge in [0.2, 0.25) is 10.0 Å². The number of nitrogen functional groups attached to an aromatic ring is 1. The van der Waals surface area contributed by atoms with Crippen LogP contribution in [-0.2, 0) is 10.0 Å². The molecule has 2 aromatic rings. The van der Waals surface area contributed by atoms with Gasteiger partial charge in [-0.25, -0.2) is 17.7 Å². The molecule has 2 N–H and O–H groups in total. The number of nitrogens with two attached hydrogens (primary N) is 1. The number of sulfonamides is 1. The molecule has 0 aliphatic heterocycles. The van der Waals surface area contributed by atoms with Crippen molar-refractivity contribution in [3.05, 3.63) is 30.3 Å². The summed E-state index contributed by atoms with van der Waals surface area (Å²) in [5.41, 5.74) is 6.30. The van der Waals surface area contributed by atoms with Crippen LogP contribution in [0.2, 0.25) is 0 Å². The van der Waals surface area contributed by atoms with Crippen LogP contribution in [0, 0.1) is 0 Å². The van der Waals surface area contributed by atoms with Gasteiger partial charge in [0.25, 0.3) is 0 Å². The first-order chi connectivity index (χ1) is 9.45. The second-order valence-corrected chi connectivity index (χ2v) is 7.44. The molecule has 20 heavy (non-hydrogen) atoms. The van der Waals surface area contributed by atoms with Crippen molar-refractivity contribution in [2.45, 2.75) is 4.90 Å². The highest BCUT2D eigenvalue weighted by Gasteiger charge is 2.20. The van der Waals surface area contributed by atoms with Crippen LogP contribution >= 0.6 is 11.8 Å². The zero-order valence-corrected chi connectivity index (χ0v) is 13.0. The van der Waals surface area contributed by atoms with Crippen LogP contribution in [0.4, 0.5) is 5.82 Å². The molecule has 0 radical (unpaired) electrons. The lowest BCUT2D eigenvalue weighted by Gasteiger charge is -2.16. The summed E-state index contributed by atoms with van der Waals surface area (Å²) in [6.07, 6.45) is 1.95. The number of thioether (sulfide) groups is 1. The van der Waals surface area contributed by atoms with Gasteiger partial charge in [0.1, 0.15) is 5.82 Å². The summed E-state index contributed by atoms with van der Waals surface area (Å²) in [6, 6.07) is 8.32. The average molecular weight is 311 g/mol. The zero-order chi connectivity index (χ0) is 14.8. The Morgan fingerprint density at radius 1 is 1.30 bits per heavy atom. The standard InChI is InChI=1S/C13H17N3O2S2/c1-16(7-8-19-2)20(17,18)11-4-5-12-10(9-11)3-6-13(14)15-12/h3-6,9H,7-8H2,1-2H3,(H2,14,15). The summed E-state index contributed by atoms with van der Waals surface area (Å²) in [4.78, 5) is 4.44. The molecular weight excluding hydrogens is 294 g/mol. The Balaban J connectivity index is 2.39. The third-order valence-electron chi connectivity index (χ3n) is 3.00. The average Bonchev–Trinajstić information content (AvgIpc) is 2.43. The van der Waals surface area contributed by atoms with Gasteiger partial charge in [-0.15, -0.1) is 0 Å². The van der Waals surface area contributed by atoms with E-state index in [9.17, 15) is 8.42 Å². The Labute approximate surface area is 123 Å². The third kappa shape index (κ3) is 3.05. The molecule has 0 atom stereocenters. The van der Waals surface area contributed by atoms with E-state index in [1.54, 1.807) is 49.1 Å². The highest BCUT2D eigenvalue weighted by Crippen LogP contribution is 2.21. The summed E-state index contributed by atoms with van der Waals surface area (Å²) < 4.78 is 26.2. The summed E-state index contributed by atoms with van der Waals surface area (Å²) in [6.45, 7) is 0.488. The van der Waals surface area contributed by atoms with Gasteiger partial charge in [-0.2, -0.15) is 11.8 Å². The minimum absolute atomic E-state index is 0.278. The van der Waals surface area contributed by atoms with Crippen molar-refractivity contribution in [1.82, 2.24) is 9.29 Å². The van der Waals surface area contributed by atoms with Gasteiger partial charge in [-0.05, 0) is 36.6 Å². The molecule has 0 fully saturated rings. The molecule has 5 nitrogen and oxygen atoms in total. The van der Waals surface area contributed by atoms with Crippen molar-refractivity contribution in [2.24, 2.45) is 0 Å². The summed E-state index contributed by atoms with van der Waals surface area (Å²) in [5.74, 6) is 1.19. The Kier molecular flexibility index (Phi) is 4.52. The topological polar surface area (TPSA) is 76.3 Å². The minimum atomic E-state index is -3.45. The van der Waals surface area contributed by atoms with Crippen LogP contribution in [0.1, 0.15) is 0 Å². The first kappa shape index (κ1) is 15.1. The first-order valence-electron chi connectivity index (χ1n) is 6.07. The fourth-order valence-corrected chi connectivity index (χ4v) is 3.58.